The number of ether oxygens (including phenoxy) is 1. The van der Waals surface area contributed by atoms with Crippen molar-refractivity contribution in [1.29, 1.82) is 0 Å². The third kappa shape index (κ3) is 3.48. The van der Waals surface area contributed by atoms with Crippen molar-refractivity contribution in [3.63, 3.8) is 0 Å². The molecule has 3 N–H and O–H groups in total. The summed E-state index contributed by atoms with van der Waals surface area (Å²) in [5, 5.41) is 13.5. The number of thiocarbonyl (C=S) groups is 1. The third-order valence-corrected chi connectivity index (χ3v) is 2.49. The zero-order valence-corrected chi connectivity index (χ0v) is 11.4. The zero-order valence-electron chi connectivity index (χ0n) is 10.6. The Kier molecular flexibility index (Phi) is 4.20. The van der Waals surface area contributed by atoms with Gasteiger partial charge in [0, 0.05) is 0 Å². The predicted molar refractivity (Wildman–Crippen MR) is 75.3 cm³/mol. The van der Waals surface area contributed by atoms with Crippen molar-refractivity contribution in [3.8, 4) is 5.75 Å². The predicted octanol–water partition coefficient (Wildman–Crippen LogP) is -0.138. The number of nitrogens with one attached hydrogen (secondary N) is 1. The van der Waals surface area contributed by atoms with Crippen LogP contribution < -0.4 is 15.8 Å². The number of aromatic nitrogens is 4. The Labute approximate surface area is 119 Å². The molecule has 104 valence electrons. The fourth-order valence-corrected chi connectivity index (χ4v) is 1.60. The zero-order chi connectivity index (χ0) is 14.5. The number of rotatable bonds is 5. The number of aryl methyl sites for hydroxylation is 1. The molecule has 0 radical (unpaired) electrons. The first-order chi connectivity index (χ1) is 9.56. The van der Waals surface area contributed by atoms with Crippen molar-refractivity contribution in [2.75, 3.05) is 11.9 Å². The summed E-state index contributed by atoms with van der Waals surface area (Å²) >= 11 is 4.90. The van der Waals surface area contributed by atoms with Crippen molar-refractivity contribution in [2.45, 2.75) is 0 Å². The molecule has 0 fully saturated rings. The van der Waals surface area contributed by atoms with Crippen LogP contribution in [-0.2, 0) is 11.8 Å². The first kappa shape index (κ1) is 13.9. The molecule has 2 aromatic rings. The van der Waals surface area contributed by atoms with Crippen LogP contribution in [0.3, 0.4) is 0 Å². The highest BCUT2D eigenvalue weighted by atomic mass is 32.1. The molecule has 1 aromatic carbocycles. The van der Waals surface area contributed by atoms with Gasteiger partial charge in [-0.15, -0.1) is 5.10 Å². The molecule has 1 amide bonds. The van der Waals surface area contributed by atoms with Crippen LogP contribution in [0.4, 0.5) is 5.95 Å². The maximum atomic E-state index is 11.7. The summed E-state index contributed by atoms with van der Waals surface area (Å²) in [5.41, 5.74) is 6.14. The summed E-state index contributed by atoms with van der Waals surface area (Å²) in [7, 11) is 1.59. The smallest absolute Gasteiger partial charge is 0.270 e. The average molecular weight is 292 g/mol. The minimum atomic E-state index is -0.407. The first-order valence-corrected chi connectivity index (χ1v) is 6.02. The Morgan fingerprint density at radius 1 is 1.50 bits per heavy atom. The van der Waals surface area contributed by atoms with Crippen LogP contribution in [0, 0.1) is 0 Å². The standard InChI is InChI=1S/C11H12N6O2S/c1-17-15-11(14-16-17)13-9(18)6-19-8-5-3-2-4-7(8)10(12)20/h2-5H,6H2,1H3,(H2,12,20)(H,13,15,18). The fraction of sp³-hybridized carbons (Fsp3) is 0.182. The van der Waals surface area contributed by atoms with Crippen molar-refractivity contribution >= 4 is 29.1 Å². The van der Waals surface area contributed by atoms with Gasteiger partial charge < -0.3 is 10.5 Å². The number of nitrogens with zero attached hydrogens (tertiary/aromatic N) is 4. The minimum absolute atomic E-state index is 0.115. The molecule has 9 heteroatoms. The van der Waals surface area contributed by atoms with Crippen molar-refractivity contribution in [1.82, 2.24) is 20.2 Å². The third-order valence-electron chi connectivity index (χ3n) is 2.27. The van der Waals surface area contributed by atoms with E-state index in [0.29, 0.717) is 11.3 Å². The van der Waals surface area contributed by atoms with Gasteiger partial charge in [0.2, 0.25) is 0 Å². The molecule has 20 heavy (non-hydrogen) atoms. The Balaban J connectivity index is 1.95. The number of anilines is 1. The molecule has 0 unspecified atom stereocenters. The van der Waals surface area contributed by atoms with Crippen LogP contribution in [0.25, 0.3) is 0 Å². The number of para-hydroxylation sites is 1. The Hall–Kier alpha value is -2.55. The summed E-state index contributed by atoms with van der Waals surface area (Å²) in [4.78, 5) is 13.1. The number of benzene rings is 1. The number of carbonyl (C=O) groups excluding carboxylic acids is 1. The molecule has 0 atom stereocenters. The van der Waals surface area contributed by atoms with E-state index >= 15 is 0 Å². The van der Waals surface area contributed by atoms with Gasteiger partial charge in [-0.05, 0) is 17.3 Å². The molecule has 0 aliphatic rings. The number of nitrogens with two attached hydrogens (primary N) is 1. The van der Waals surface area contributed by atoms with E-state index in [-0.39, 0.29) is 17.5 Å². The Morgan fingerprint density at radius 2 is 2.25 bits per heavy atom. The van der Waals surface area contributed by atoms with E-state index in [4.69, 9.17) is 22.7 Å². The lowest BCUT2D eigenvalue weighted by atomic mass is 10.2. The van der Waals surface area contributed by atoms with Crippen molar-refractivity contribution in [3.05, 3.63) is 29.8 Å². The van der Waals surface area contributed by atoms with E-state index in [1.165, 1.54) is 4.80 Å². The normalized spacial score (nSPS) is 10.1. The first-order valence-electron chi connectivity index (χ1n) is 5.62. The lowest BCUT2D eigenvalue weighted by molar-refractivity contribution is -0.118. The number of hydrogen-bond donors (Lipinski definition) is 2. The number of carbonyl (C=O) groups is 1. The average Bonchev–Trinajstić information content (AvgIpc) is 2.82. The highest BCUT2D eigenvalue weighted by molar-refractivity contribution is 7.80. The van der Waals surface area contributed by atoms with Crippen LogP contribution >= 0.6 is 12.2 Å². The molecule has 0 aliphatic carbocycles. The maximum absolute atomic E-state index is 11.7. The van der Waals surface area contributed by atoms with Gasteiger partial charge in [0.1, 0.15) is 10.7 Å². The van der Waals surface area contributed by atoms with E-state index in [0.717, 1.165) is 0 Å². The number of amides is 1. The van der Waals surface area contributed by atoms with Gasteiger partial charge in [0.15, 0.2) is 6.61 Å². The lowest BCUT2D eigenvalue weighted by Crippen LogP contribution is -2.22. The highest BCUT2D eigenvalue weighted by Crippen LogP contribution is 2.17. The van der Waals surface area contributed by atoms with Crippen LogP contribution in [0.1, 0.15) is 5.56 Å². The largest absolute Gasteiger partial charge is 0.483 e. The van der Waals surface area contributed by atoms with E-state index in [1.54, 1.807) is 31.3 Å². The molecular formula is C11H12N6O2S. The van der Waals surface area contributed by atoms with Gasteiger partial charge in [-0.2, -0.15) is 4.80 Å². The van der Waals surface area contributed by atoms with E-state index in [9.17, 15) is 4.79 Å². The van der Waals surface area contributed by atoms with Crippen molar-refractivity contribution < 1.29 is 9.53 Å². The number of tetrazole rings is 1. The second-order valence-corrected chi connectivity index (χ2v) is 4.24. The minimum Gasteiger partial charge on any atom is -0.483 e. The molecule has 0 spiro atoms. The molecule has 1 heterocycles. The molecule has 0 bridgehead atoms. The second kappa shape index (κ2) is 6.06. The Morgan fingerprint density at radius 3 is 2.90 bits per heavy atom. The Bertz CT molecular complexity index is 641. The maximum Gasteiger partial charge on any atom is 0.270 e. The molecule has 8 nitrogen and oxygen atoms in total. The monoisotopic (exact) mass is 292 g/mol. The quantitative estimate of drug-likeness (QED) is 0.738. The SMILES string of the molecule is Cn1nnc(NC(=O)COc2ccccc2C(N)=S)n1. The topological polar surface area (TPSA) is 108 Å². The van der Waals surface area contributed by atoms with Crippen LogP contribution in [-0.4, -0.2) is 37.7 Å². The van der Waals surface area contributed by atoms with Crippen molar-refractivity contribution in [2.24, 2.45) is 12.8 Å². The summed E-state index contributed by atoms with van der Waals surface area (Å²) < 4.78 is 5.38. The van der Waals surface area contributed by atoms with Gasteiger partial charge in [-0.3, -0.25) is 10.1 Å². The highest BCUT2D eigenvalue weighted by Gasteiger charge is 2.10. The molecular weight excluding hydrogens is 280 g/mol. The van der Waals surface area contributed by atoms with Crippen LogP contribution in [0.15, 0.2) is 24.3 Å². The number of hydrogen-bond acceptors (Lipinski definition) is 6. The van der Waals surface area contributed by atoms with Gasteiger partial charge >= 0.3 is 0 Å². The van der Waals surface area contributed by atoms with Crippen LogP contribution in [0.5, 0.6) is 5.75 Å². The van der Waals surface area contributed by atoms with E-state index in [1.807, 2.05) is 0 Å². The summed E-state index contributed by atoms with van der Waals surface area (Å²) in [6, 6.07) is 6.95. The summed E-state index contributed by atoms with van der Waals surface area (Å²) in [6.45, 7) is -0.210. The second-order valence-electron chi connectivity index (χ2n) is 3.80. The summed E-state index contributed by atoms with van der Waals surface area (Å²) in [6.07, 6.45) is 0. The van der Waals surface area contributed by atoms with Gasteiger partial charge in [-0.25, -0.2) is 0 Å². The summed E-state index contributed by atoms with van der Waals surface area (Å²) in [5.74, 6) is 0.154. The van der Waals surface area contributed by atoms with E-state index in [2.05, 4.69) is 20.7 Å². The molecule has 0 saturated carbocycles. The molecule has 1 aromatic heterocycles. The van der Waals surface area contributed by atoms with Crippen LogP contribution in [0.2, 0.25) is 0 Å². The van der Waals surface area contributed by atoms with Gasteiger partial charge in [0.25, 0.3) is 11.9 Å². The van der Waals surface area contributed by atoms with Gasteiger partial charge in [-0.1, -0.05) is 29.4 Å². The molecule has 0 saturated heterocycles. The molecule has 0 aliphatic heterocycles. The lowest BCUT2D eigenvalue weighted by Gasteiger charge is -2.09. The fourth-order valence-electron chi connectivity index (χ4n) is 1.43. The van der Waals surface area contributed by atoms with E-state index < -0.39 is 5.91 Å². The van der Waals surface area contributed by atoms with Gasteiger partial charge in [0.05, 0.1) is 12.6 Å². The molecule has 2 rings (SSSR count).